The van der Waals surface area contributed by atoms with Gasteiger partial charge in [-0.15, -0.1) is 0 Å². The van der Waals surface area contributed by atoms with Crippen LogP contribution in [0, 0.1) is 18.7 Å². The van der Waals surface area contributed by atoms with Crippen molar-refractivity contribution < 1.29 is 14.0 Å². The molecule has 0 saturated carbocycles. The zero-order chi connectivity index (χ0) is 15.7. The van der Waals surface area contributed by atoms with Gasteiger partial charge in [0.1, 0.15) is 17.9 Å². The van der Waals surface area contributed by atoms with Crippen LogP contribution in [0.1, 0.15) is 32.8 Å². The highest BCUT2D eigenvalue weighted by atomic mass is 19.1. The molecule has 2 atom stereocenters. The van der Waals surface area contributed by atoms with Gasteiger partial charge in [0.2, 0.25) is 11.8 Å². The van der Waals surface area contributed by atoms with Gasteiger partial charge in [-0.2, -0.15) is 0 Å². The number of halogens is 1. The molecule has 1 aromatic rings. The maximum atomic E-state index is 13.6. The first-order valence-electron chi connectivity index (χ1n) is 7.26. The van der Waals surface area contributed by atoms with Gasteiger partial charge in [-0.1, -0.05) is 26.8 Å². The van der Waals surface area contributed by atoms with Crippen LogP contribution >= 0.6 is 0 Å². The fourth-order valence-electron chi connectivity index (χ4n) is 2.73. The maximum absolute atomic E-state index is 13.6. The summed E-state index contributed by atoms with van der Waals surface area (Å²) in [6.45, 7) is 7.42. The van der Waals surface area contributed by atoms with Crippen LogP contribution in [0.4, 0.5) is 10.1 Å². The molecule has 0 spiro atoms. The quantitative estimate of drug-likeness (QED) is 0.930. The third-order valence-corrected chi connectivity index (χ3v) is 3.87. The van der Waals surface area contributed by atoms with Gasteiger partial charge in [0, 0.05) is 0 Å². The van der Waals surface area contributed by atoms with E-state index in [4.69, 9.17) is 0 Å². The average molecular weight is 292 g/mol. The first kappa shape index (κ1) is 15.5. The molecule has 2 unspecified atom stereocenters. The van der Waals surface area contributed by atoms with E-state index >= 15 is 0 Å². The molecule has 2 rings (SSSR count). The number of benzene rings is 1. The van der Waals surface area contributed by atoms with Crippen molar-refractivity contribution in [3.63, 3.8) is 0 Å². The molecule has 1 fully saturated rings. The molecule has 0 bridgehead atoms. The number of rotatable bonds is 3. The van der Waals surface area contributed by atoms with E-state index in [2.05, 4.69) is 5.32 Å². The monoisotopic (exact) mass is 292 g/mol. The topological polar surface area (TPSA) is 49.4 Å². The van der Waals surface area contributed by atoms with E-state index in [0.717, 1.165) is 5.56 Å². The van der Waals surface area contributed by atoms with Crippen molar-refractivity contribution in [1.82, 2.24) is 5.32 Å². The van der Waals surface area contributed by atoms with E-state index in [1.165, 1.54) is 17.0 Å². The number of carbonyl (C=O) groups excluding carboxylic acids is 2. The van der Waals surface area contributed by atoms with E-state index in [1.54, 1.807) is 6.07 Å². The fourth-order valence-corrected chi connectivity index (χ4v) is 2.73. The van der Waals surface area contributed by atoms with Crippen molar-refractivity contribution in [1.29, 1.82) is 0 Å². The minimum atomic E-state index is -0.610. The zero-order valence-corrected chi connectivity index (χ0v) is 12.8. The normalized spacial score (nSPS) is 22.7. The van der Waals surface area contributed by atoms with Gasteiger partial charge in [-0.25, -0.2) is 4.39 Å². The number of piperazine rings is 1. The highest BCUT2D eigenvalue weighted by molar-refractivity contribution is 6.08. The van der Waals surface area contributed by atoms with E-state index in [-0.39, 0.29) is 17.7 Å². The molecule has 5 heteroatoms. The molecule has 1 saturated heterocycles. The Bertz CT molecular complexity index is 571. The Morgan fingerprint density at radius 1 is 1.33 bits per heavy atom. The minimum absolute atomic E-state index is 0.0607. The van der Waals surface area contributed by atoms with Crippen LogP contribution in [0.15, 0.2) is 18.2 Å². The van der Waals surface area contributed by atoms with Crippen LogP contribution < -0.4 is 10.2 Å². The molecule has 2 amide bonds. The minimum Gasteiger partial charge on any atom is -0.342 e. The molecule has 1 aliphatic heterocycles. The van der Waals surface area contributed by atoms with E-state index < -0.39 is 17.9 Å². The molecular weight excluding hydrogens is 271 g/mol. The molecule has 0 radical (unpaired) electrons. The number of amides is 2. The molecule has 1 N–H and O–H groups in total. The number of carbonyl (C=O) groups is 2. The van der Waals surface area contributed by atoms with Crippen LogP contribution in [-0.4, -0.2) is 23.9 Å². The summed E-state index contributed by atoms with van der Waals surface area (Å²) in [7, 11) is 0. The standard InChI is InChI=1S/C16H21FN2O2/c1-5-12-16(21)19(14(9(2)3)15(20)18-12)13-8-11(17)7-6-10(13)4/h6-9,12,14H,5H2,1-4H3,(H,18,20). The Balaban J connectivity index is 2.55. The summed E-state index contributed by atoms with van der Waals surface area (Å²) in [6.07, 6.45) is 0.514. The molecular formula is C16H21FN2O2. The van der Waals surface area contributed by atoms with E-state index in [1.807, 2.05) is 27.7 Å². The van der Waals surface area contributed by atoms with Gasteiger partial charge in [-0.05, 0) is 37.0 Å². The molecule has 21 heavy (non-hydrogen) atoms. The SMILES string of the molecule is CCC1NC(=O)C(C(C)C)N(c2cc(F)ccc2C)C1=O. The highest BCUT2D eigenvalue weighted by Crippen LogP contribution is 2.29. The summed E-state index contributed by atoms with van der Waals surface area (Å²) in [5, 5.41) is 2.76. The summed E-state index contributed by atoms with van der Waals surface area (Å²) in [5.41, 5.74) is 1.26. The van der Waals surface area contributed by atoms with Gasteiger partial charge < -0.3 is 5.32 Å². The largest absolute Gasteiger partial charge is 0.342 e. The summed E-state index contributed by atoms with van der Waals surface area (Å²) < 4.78 is 13.6. The summed E-state index contributed by atoms with van der Waals surface area (Å²) in [4.78, 5) is 26.5. The zero-order valence-electron chi connectivity index (χ0n) is 12.8. The third kappa shape index (κ3) is 2.77. The Morgan fingerprint density at radius 2 is 2.00 bits per heavy atom. The Hall–Kier alpha value is -1.91. The Morgan fingerprint density at radius 3 is 2.57 bits per heavy atom. The average Bonchev–Trinajstić information content (AvgIpc) is 2.43. The van der Waals surface area contributed by atoms with Gasteiger partial charge in [-0.3, -0.25) is 14.5 Å². The molecule has 114 valence electrons. The van der Waals surface area contributed by atoms with Gasteiger partial charge in [0.05, 0.1) is 5.69 Å². The van der Waals surface area contributed by atoms with Gasteiger partial charge >= 0.3 is 0 Å². The van der Waals surface area contributed by atoms with Crippen LogP contribution in [0.5, 0.6) is 0 Å². The maximum Gasteiger partial charge on any atom is 0.250 e. The first-order valence-corrected chi connectivity index (χ1v) is 7.26. The number of hydrogen-bond donors (Lipinski definition) is 1. The third-order valence-electron chi connectivity index (χ3n) is 3.87. The lowest BCUT2D eigenvalue weighted by molar-refractivity contribution is -0.134. The summed E-state index contributed by atoms with van der Waals surface area (Å²) >= 11 is 0. The van der Waals surface area contributed by atoms with Crippen molar-refractivity contribution >= 4 is 17.5 Å². The second kappa shape index (κ2) is 5.84. The second-order valence-corrected chi connectivity index (χ2v) is 5.80. The van der Waals surface area contributed by atoms with Crippen LogP contribution in [0.25, 0.3) is 0 Å². The molecule has 0 aromatic heterocycles. The van der Waals surface area contributed by atoms with Crippen molar-refractivity contribution in [2.24, 2.45) is 5.92 Å². The number of aryl methyl sites for hydroxylation is 1. The number of nitrogens with one attached hydrogen (secondary N) is 1. The van der Waals surface area contributed by atoms with Crippen LogP contribution in [0.3, 0.4) is 0 Å². The lowest BCUT2D eigenvalue weighted by Gasteiger charge is -2.41. The lowest BCUT2D eigenvalue weighted by atomic mass is 9.94. The van der Waals surface area contributed by atoms with Crippen molar-refractivity contribution in [2.45, 2.75) is 46.2 Å². The van der Waals surface area contributed by atoms with E-state index in [9.17, 15) is 14.0 Å². The van der Waals surface area contributed by atoms with Crippen molar-refractivity contribution in [2.75, 3.05) is 4.90 Å². The molecule has 0 aliphatic carbocycles. The Labute approximate surface area is 124 Å². The second-order valence-electron chi connectivity index (χ2n) is 5.80. The summed E-state index contributed by atoms with van der Waals surface area (Å²) in [5.74, 6) is -0.830. The van der Waals surface area contributed by atoms with Crippen molar-refractivity contribution in [3.05, 3.63) is 29.6 Å². The summed E-state index contributed by atoms with van der Waals surface area (Å²) in [6, 6.07) is 3.15. The molecule has 1 aromatic carbocycles. The fraction of sp³-hybridized carbons (Fsp3) is 0.500. The number of hydrogen-bond acceptors (Lipinski definition) is 2. The van der Waals surface area contributed by atoms with Crippen LogP contribution in [0.2, 0.25) is 0 Å². The van der Waals surface area contributed by atoms with Gasteiger partial charge in [0.25, 0.3) is 0 Å². The Kier molecular flexibility index (Phi) is 4.30. The lowest BCUT2D eigenvalue weighted by Crippen LogP contribution is -2.65. The molecule has 4 nitrogen and oxygen atoms in total. The smallest absolute Gasteiger partial charge is 0.250 e. The van der Waals surface area contributed by atoms with E-state index in [0.29, 0.717) is 12.1 Å². The predicted molar refractivity (Wildman–Crippen MR) is 79.5 cm³/mol. The number of anilines is 1. The first-order chi connectivity index (χ1) is 9.86. The highest BCUT2D eigenvalue weighted by Gasteiger charge is 2.42. The number of nitrogens with zero attached hydrogens (tertiary/aromatic N) is 1. The van der Waals surface area contributed by atoms with Crippen molar-refractivity contribution in [3.8, 4) is 0 Å². The molecule has 1 heterocycles. The van der Waals surface area contributed by atoms with Crippen LogP contribution in [-0.2, 0) is 9.59 Å². The van der Waals surface area contributed by atoms with Gasteiger partial charge in [0.15, 0.2) is 0 Å². The predicted octanol–water partition coefficient (Wildman–Crippen LogP) is 2.40. The molecule has 1 aliphatic rings.